The normalized spacial score (nSPS) is 10.8. The maximum Gasteiger partial charge on any atom is 0.204 e. The summed E-state index contributed by atoms with van der Waals surface area (Å²) >= 11 is 0. The number of aromatic amines is 1. The molecular weight excluding hydrogens is 454 g/mol. The third-order valence-corrected chi connectivity index (χ3v) is 5.83. The number of ether oxygens (including phenoxy) is 1. The molecule has 2 N–H and O–H groups in total. The fourth-order valence-corrected chi connectivity index (χ4v) is 4.02. The minimum atomic E-state index is -0.220. The average Bonchev–Trinajstić information content (AvgIpc) is 3.44. The first-order chi connectivity index (χ1) is 17.6. The highest BCUT2D eigenvalue weighted by Gasteiger charge is 2.18. The van der Waals surface area contributed by atoms with Gasteiger partial charge in [0.15, 0.2) is 5.78 Å². The summed E-state index contributed by atoms with van der Waals surface area (Å²) in [6, 6.07) is 23.1. The molecule has 0 unspecified atom stereocenters. The fourth-order valence-electron chi connectivity index (χ4n) is 4.02. The van der Waals surface area contributed by atoms with Gasteiger partial charge in [0.1, 0.15) is 18.1 Å². The van der Waals surface area contributed by atoms with E-state index in [-0.39, 0.29) is 17.1 Å². The molecule has 0 bridgehead atoms. The van der Waals surface area contributed by atoms with Crippen LogP contribution in [0.1, 0.15) is 34.0 Å². The summed E-state index contributed by atoms with van der Waals surface area (Å²) in [5.74, 6) is 0.722. The Hall–Kier alpha value is -4.85. The molecule has 0 amide bonds. The fraction of sp³-hybridized carbons (Fsp3) is 0.107. The predicted octanol–water partition coefficient (Wildman–Crippen LogP) is 5.01. The van der Waals surface area contributed by atoms with Gasteiger partial charge in [0.2, 0.25) is 5.82 Å². The molecule has 2 aromatic heterocycles. The molecule has 5 aromatic rings. The Morgan fingerprint density at radius 3 is 2.47 bits per heavy atom. The highest BCUT2D eigenvalue weighted by atomic mass is 16.5. The number of aromatic hydroxyl groups is 1. The first kappa shape index (κ1) is 22.9. The van der Waals surface area contributed by atoms with E-state index in [0.29, 0.717) is 29.3 Å². The van der Waals surface area contributed by atoms with Crippen molar-refractivity contribution in [3.05, 3.63) is 107 Å². The summed E-state index contributed by atoms with van der Waals surface area (Å²) in [5, 5.41) is 25.0. The number of nitrogens with zero attached hydrogens (tertiary/aromatic N) is 4. The second-order valence-corrected chi connectivity index (χ2v) is 8.35. The summed E-state index contributed by atoms with van der Waals surface area (Å²) < 4.78 is 6.09. The number of carbonyl (C=O) groups is 1. The SMILES string of the molecule is CC(=O)c1ccc(OCc2ccc(Cc3cccc(-c4nn[nH]n4)c3)cc2)c(-c2cccnc2)c1O. The van der Waals surface area contributed by atoms with Gasteiger partial charge in [-0.15, -0.1) is 10.2 Å². The van der Waals surface area contributed by atoms with Gasteiger partial charge < -0.3 is 9.84 Å². The lowest BCUT2D eigenvalue weighted by Crippen LogP contribution is -2.01. The first-order valence-electron chi connectivity index (χ1n) is 11.4. The number of H-pyrrole nitrogens is 1. The van der Waals surface area contributed by atoms with Crippen molar-refractivity contribution in [2.45, 2.75) is 20.0 Å². The van der Waals surface area contributed by atoms with Gasteiger partial charge in [-0.2, -0.15) is 5.21 Å². The van der Waals surface area contributed by atoms with Crippen molar-refractivity contribution in [3.63, 3.8) is 0 Å². The number of phenols is 1. The minimum absolute atomic E-state index is 0.105. The molecule has 0 saturated heterocycles. The molecule has 178 valence electrons. The molecule has 0 aliphatic carbocycles. The van der Waals surface area contributed by atoms with Crippen LogP contribution in [0.15, 0.2) is 85.2 Å². The number of rotatable bonds is 8. The topological polar surface area (TPSA) is 114 Å². The highest BCUT2D eigenvalue weighted by Crippen LogP contribution is 2.40. The largest absolute Gasteiger partial charge is 0.506 e. The summed E-state index contributed by atoms with van der Waals surface area (Å²) in [4.78, 5) is 16.1. The molecular formula is C28H23N5O3. The van der Waals surface area contributed by atoms with E-state index in [0.717, 1.165) is 28.7 Å². The van der Waals surface area contributed by atoms with E-state index in [2.05, 4.69) is 49.9 Å². The van der Waals surface area contributed by atoms with Crippen LogP contribution in [0.4, 0.5) is 0 Å². The van der Waals surface area contributed by atoms with Gasteiger partial charge in [0.25, 0.3) is 0 Å². The van der Waals surface area contributed by atoms with Crippen LogP contribution in [0.25, 0.3) is 22.5 Å². The van der Waals surface area contributed by atoms with Crippen molar-refractivity contribution in [3.8, 4) is 34.0 Å². The van der Waals surface area contributed by atoms with E-state index >= 15 is 0 Å². The monoisotopic (exact) mass is 477 g/mol. The zero-order valence-electron chi connectivity index (χ0n) is 19.5. The molecule has 0 aliphatic rings. The predicted molar refractivity (Wildman–Crippen MR) is 135 cm³/mol. The standard InChI is InChI=1S/C28H23N5O3/c1-18(34)24-11-12-25(26(27(24)35)23-6-3-13-29-16-23)36-17-20-9-7-19(8-10-20)14-21-4-2-5-22(15-21)28-30-32-33-31-28/h2-13,15-16,35H,14,17H2,1H3,(H,30,31,32,33). The van der Waals surface area contributed by atoms with E-state index in [1.807, 2.05) is 30.3 Å². The third kappa shape index (κ3) is 4.97. The van der Waals surface area contributed by atoms with E-state index in [1.54, 1.807) is 30.6 Å². The number of nitrogens with one attached hydrogen (secondary N) is 1. The molecule has 8 nitrogen and oxygen atoms in total. The Morgan fingerprint density at radius 1 is 0.944 bits per heavy atom. The Balaban J connectivity index is 1.31. The molecule has 5 rings (SSSR count). The van der Waals surface area contributed by atoms with Crippen LogP contribution < -0.4 is 4.74 Å². The molecule has 0 atom stereocenters. The Labute approximate surface area is 207 Å². The van der Waals surface area contributed by atoms with Crippen molar-refractivity contribution in [2.75, 3.05) is 0 Å². The lowest BCUT2D eigenvalue weighted by molar-refractivity contribution is 0.101. The molecule has 0 radical (unpaired) electrons. The van der Waals surface area contributed by atoms with Crippen LogP contribution in [-0.4, -0.2) is 36.5 Å². The van der Waals surface area contributed by atoms with Crippen LogP contribution in [0.2, 0.25) is 0 Å². The number of carbonyl (C=O) groups excluding carboxylic acids is 1. The van der Waals surface area contributed by atoms with Gasteiger partial charge >= 0.3 is 0 Å². The summed E-state index contributed by atoms with van der Waals surface area (Å²) in [6.07, 6.45) is 4.05. The number of hydrogen-bond acceptors (Lipinski definition) is 7. The van der Waals surface area contributed by atoms with E-state index < -0.39 is 0 Å². The highest BCUT2D eigenvalue weighted by molar-refractivity contribution is 6.00. The van der Waals surface area contributed by atoms with Gasteiger partial charge in [-0.25, -0.2) is 0 Å². The number of aromatic nitrogens is 5. The van der Waals surface area contributed by atoms with Gasteiger partial charge in [-0.05, 0) is 59.5 Å². The van der Waals surface area contributed by atoms with Gasteiger partial charge in [-0.3, -0.25) is 9.78 Å². The van der Waals surface area contributed by atoms with Gasteiger partial charge in [0.05, 0.1) is 11.1 Å². The molecule has 36 heavy (non-hydrogen) atoms. The number of Topliss-reactive ketones (excluding diaryl/α,β-unsaturated/α-hetero) is 1. The Bertz CT molecular complexity index is 1480. The zero-order chi connectivity index (χ0) is 24.9. The number of ketones is 1. The molecule has 0 fully saturated rings. The lowest BCUT2D eigenvalue weighted by Gasteiger charge is -2.15. The maximum atomic E-state index is 12.0. The van der Waals surface area contributed by atoms with Crippen molar-refractivity contribution in [1.29, 1.82) is 0 Å². The first-order valence-corrected chi connectivity index (χ1v) is 11.4. The number of tetrazole rings is 1. The average molecular weight is 478 g/mol. The number of phenolic OH excluding ortho intramolecular Hbond substituents is 1. The number of hydrogen-bond donors (Lipinski definition) is 2. The molecule has 0 aliphatic heterocycles. The van der Waals surface area contributed by atoms with E-state index in [1.165, 1.54) is 6.92 Å². The van der Waals surface area contributed by atoms with Crippen molar-refractivity contribution >= 4 is 5.78 Å². The zero-order valence-corrected chi connectivity index (χ0v) is 19.5. The number of benzene rings is 3. The van der Waals surface area contributed by atoms with Crippen LogP contribution in [0, 0.1) is 0 Å². The lowest BCUT2D eigenvalue weighted by atomic mass is 9.99. The molecule has 2 heterocycles. The maximum absolute atomic E-state index is 12.0. The second kappa shape index (κ2) is 10.2. The van der Waals surface area contributed by atoms with Crippen LogP contribution in [0.3, 0.4) is 0 Å². The van der Waals surface area contributed by atoms with Gasteiger partial charge in [-0.1, -0.05) is 48.5 Å². The summed E-state index contributed by atoms with van der Waals surface area (Å²) in [7, 11) is 0. The van der Waals surface area contributed by atoms with Crippen LogP contribution in [-0.2, 0) is 13.0 Å². The van der Waals surface area contributed by atoms with Crippen molar-refractivity contribution < 1.29 is 14.6 Å². The van der Waals surface area contributed by atoms with Crippen molar-refractivity contribution in [1.82, 2.24) is 25.6 Å². The number of pyridine rings is 1. The third-order valence-electron chi connectivity index (χ3n) is 5.83. The van der Waals surface area contributed by atoms with Gasteiger partial charge in [0, 0.05) is 23.5 Å². The van der Waals surface area contributed by atoms with Crippen LogP contribution in [0.5, 0.6) is 11.5 Å². The Morgan fingerprint density at radius 2 is 1.75 bits per heavy atom. The van der Waals surface area contributed by atoms with E-state index in [9.17, 15) is 9.90 Å². The summed E-state index contributed by atoms with van der Waals surface area (Å²) in [5.41, 5.74) is 5.56. The summed E-state index contributed by atoms with van der Waals surface area (Å²) in [6.45, 7) is 1.73. The quantitative estimate of drug-likeness (QED) is 0.302. The molecule has 0 spiro atoms. The molecule has 8 heteroatoms. The Kier molecular flexibility index (Phi) is 6.48. The van der Waals surface area contributed by atoms with Crippen LogP contribution >= 0.6 is 0 Å². The van der Waals surface area contributed by atoms with Crippen molar-refractivity contribution in [2.24, 2.45) is 0 Å². The van der Waals surface area contributed by atoms with E-state index in [4.69, 9.17) is 4.74 Å². The molecule has 0 saturated carbocycles. The smallest absolute Gasteiger partial charge is 0.204 e. The molecule has 3 aromatic carbocycles. The minimum Gasteiger partial charge on any atom is -0.506 e. The second-order valence-electron chi connectivity index (χ2n) is 8.35.